The van der Waals surface area contributed by atoms with E-state index in [0.717, 1.165) is 25.9 Å². The fraction of sp³-hybridized carbons (Fsp3) is 0.941. The van der Waals surface area contributed by atoms with Crippen LogP contribution in [0.3, 0.4) is 0 Å². The van der Waals surface area contributed by atoms with Gasteiger partial charge in [-0.25, -0.2) is 4.79 Å². The Morgan fingerprint density at radius 1 is 1.41 bits per heavy atom. The van der Waals surface area contributed by atoms with Gasteiger partial charge in [0, 0.05) is 25.2 Å². The van der Waals surface area contributed by atoms with Gasteiger partial charge < -0.3 is 15.0 Å². The zero-order chi connectivity index (χ0) is 16.6. The third-order valence-corrected chi connectivity index (χ3v) is 4.79. The molecule has 1 N–H and O–H groups in total. The first-order valence-electron chi connectivity index (χ1n) is 8.64. The minimum absolute atomic E-state index is 0.159. The van der Waals surface area contributed by atoms with Gasteiger partial charge in [0.25, 0.3) is 0 Å². The Hall–Kier alpha value is -0.420. The average molecular weight is 331 g/mol. The molecule has 1 aliphatic rings. The van der Waals surface area contributed by atoms with Gasteiger partial charge in [-0.05, 0) is 64.9 Å². The second-order valence-corrected chi connectivity index (χ2v) is 8.51. The van der Waals surface area contributed by atoms with E-state index in [-0.39, 0.29) is 12.1 Å². The summed E-state index contributed by atoms with van der Waals surface area (Å²) in [6.07, 6.45) is 4.37. The molecule has 4 nitrogen and oxygen atoms in total. The van der Waals surface area contributed by atoms with Crippen LogP contribution in [0.5, 0.6) is 0 Å². The molecule has 1 saturated heterocycles. The Morgan fingerprint density at radius 2 is 2.14 bits per heavy atom. The largest absolute Gasteiger partial charge is 0.444 e. The van der Waals surface area contributed by atoms with Crippen molar-refractivity contribution in [1.29, 1.82) is 0 Å². The van der Waals surface area contributed by atoms with E-state index in [0.29, 0.717) is 6.04 Å². The molecule has 0 aromatic carbocycles. The van der Waals surface area contributed by atoms with Crippen LogP contribution in [0.4, 0.5) is 4.79 Å². The summed E-state index contributed by atoms with van der Waals surface area (Å²) >= 11 is 1.99. The maximum Gasteiger partial charge on any atom is 0.410 e. The average Bonchev–Trinajstić information content (AvgIpc) is 2.44. The number of nitrogens with one attached hydrogen (secondary N) is 1. The van der Waals surface area contributed by atoms with Gasteiger partial charge in [0.05, 0.1) is 0 Å². The van der Waals surface area contributed by atoms with E-state index >= 15 is 0 Å². The number of hydrogen-bond donors (Lipinski definition) is 1. The third-order valence-electron chi connectivity index (χ3n) is 3.86. The second-order valence-electron chi connectivity index (χ2n) is 7.12. The Kier molecular flexibility index (Phi) is 8.62. The topological polar surface area (TPSA) is 41.6 Å². The molecule has 1 heterocycles. The van der Waals surface area contributed by atoms with Crippen molar-refractivity contribution >= 4 is 17.9 Å². The lowest BCUT2D eigenvalue weighted by molar-refractivity contribution is 0.00970. The monoisotopic (exact) mass is 330 g/mol. The summed E-state index contributed by atoms with van der Waals surface area (Å²) in [5.41, 5.74) is -0.419. The van der Waals surface area contributed by atoms with E-state index in [1.165, 1.54) is 24.3 Å². The number of hydrogen-bond acceptors (Lipinski definition) is 4. The standard InChI is InChI=1S/C17H34N2O2S/c1-6-22-12-10-14(2)18-13-15-9-7-8-11-19(15)16(20)21-17(3,4)5/h14-15,18H,6-13H2,1-5H3. The van der Waals surface area contributed by atoms with Crippen molar-refractivity contribution < 1.29 is 9.53 Å². The molecular formula is C17H34N2O2S. The highest BCUT2D eigenvalue weighted by Gasteiger charge is 2.30. The van der Waals surface area contributed by atoms with Crippen molar-refractivity contribution in [1.82, 2.24) is 10.2 Å². The molecule has 0 aliphatic carbocycles. The molecule has 1 amide bonds. The lowest BCUT2D eigenvalue weighted by Gasteiger charge is -2.37. The summed E-state index contributed by atoms with van der Waals surface area (Å²) in [7, 11) is 0. The van der Waals surface area contributed by atoms with Crippen LogP contribution in [0.15, 0.2) is 0 Å². The van der Waals surface area contributed by atoms with Crippen molar-refractivity contribution in [2.75, 3.05) is 24.6 Å². The molecule has 0 spiro atoms. The number of thioether (sulfide) groups is 1. The van der Waals surface area contributed by atoms with Crippen LogP contribution in [0.25, 0.3) is 0 Å². The quantitative estimate of drug-likeness (QED) is 0.719. The number of carbonyl (C=O) groups is 1. The van der Waals surface area contributed by atoms with Gasteiger partial charge in [0.2, 0.25) is 0 Å². The molecule has 1 fully saturated rings. The number of amides is 1. The Labute approximate surface area is 140 Å². The molecular weight excluding hydrogens is 296 g/mol. The van der Waals surface area contributed by atoms with Gasteiger partial charge in [0.1, 0.15) is 5.60 Å². The van der Waals surface area contributed by atoms with Crippen molar-refractivity contribution in [3.8, 4) is 0 Å². The van der Waals surface area contributed by atoms with Crippen molar-refractivity contribution in [3.05, 3.63) is 0 Å². The third kappa shape index (κ3) is 7.73. The van der Waals surface area contributed by atoms with Crippen molar-refractivity contribution in [2.24, 2.45) is 0 Å². The van der Waals surface area contributed by atoms with Crippen LogP contribution in [0.2, 0.25) is 0 Å². The smallest absolute Gasteiger partial charge is 0.410 e. The van der Waals surface area contributed by atoms with Gasteiger partial charge in [-0.1, -0.05) is 6.92 Å². The number of piperidine rings is 1. The number of rotatable bonds is 7. The van der Waals surface area contributed by atoms with Gasteiger partial charge in [-0.2, -0.15) is 11.8 Å². The summed E-state index contributed by atoms with van der Waals surface area (Å²) in [4.78, 5) is 14.3. The zero-order valence-corrected chi connectivity index (χ0v) is 15.8. The van der Waals surface area contributed by atoms with E-state index in [2.05, 4.69) is 19.2 Å². The Bertz CT molecular complexity index is 331. The van der Waals surface area contributed by atoms with Gasteiger partial charge in [-0.15, -0.1) is 0 Å². The minimum atomic E-state index is -0.419. The molecule has 0 aromatic rings. The summed E-state index contributed by atoms with van der Waals surface area (Å²) in [6, 6.07) is 0.770. The molecule has 0 bridgehead atoms. The van der Waals surface area contributed by atoms with E-state index in [1.807, 2.05) is 37.4 Å². The fourth-order valence-electron chi connectivity index (χ4n) is 2.62. The van der Waals surface area contributed by atoms with E-state index < -0.39 is 5.60 Å². The first kappa shape index (κ1) is 19.6. The predicted octanol–water partition coefficient (Wildman–Crippen LogP) is 3.90. The van der Waals surface area contributed by atoms with E-state index in [1.54, 1.807) is 0 Å². The molecule has 2 unspecified atom stereocenters. The van der Waals surface area contributed by atoms with E-state index in [9.17, 15) is 4.79 Å². The van der Waals surface area contributed by atoms with Crippen LogP contribution in [-0.2, 0) is 4.74 Å². The first-order valence-corrected chi connectivity index (χ1v) is 9.79. The number of nitrogens with zero attached hydrogens (tertiary/aromatic N) is 1. The maximum absolute atomic E-state index is 12.4. The van der Waals surface area contributed by atoms with Crippen LogP contribution in [-0.4, -0.2) is 53.3 Å². The molecule has 1 rings (SSSR count). The van der Waals surface area contributed by atoms with Crippen LogP contribution in [0, 0.1) is 0 Å². The number of carbonyl (C=O) groups excluding carboxylic acids is 1. The highest BCUT2D eigenvalue weighted by molar-refractivity contribution is 7.99. The van der Waals surface area contributed by atoms with Gasteiger partial charge >= 0.3 is 6.09 Å². The lowest BCUT2D eigenvalue weighted by Crippen LogP contribution is -2.51. The summed E-state index contributed by atoms with van der Waals surface area (Å²) in [5, 5.41) is 3.60. The van der Waals surface area contributed by atoms with Crippen molar-refractivity contribution in [3.63, 3.8) is 0 Å². The number of ether oxygens (including phenoxy) is 1. The normalized spacial score (nSPS) is 20.8. The van der Waals surface area contributed by atoms with Crippen molar-refractivity contribution in [2.45, 2.75) is 78.0 Å². The van der Waals surface area contributed by atoms with Gasteiger partial charge in [0.15, 0.2) is 0 Å². The molecule has 130 valence electrons. The lowest BCUT2D eigenvalue weighted by atomic mass is 10.0. The van der Waals surface area contributed by atoms with Crippen LogP contribution in [0.1, 0.15) is 60.3 Å². The molecule has 0 radical (unpaired) electrons. The fourth-order valence-corrected chi connectivity index (χ4v) is 3.43. The maximum atomic E-state index is 12.4. The summed E-state index contributed by atoms with van der Waals surface area (Å²) < 4.78 is 5.55. The number of likely N-dealkylation sites (tertiary alicyclic amines) is 1. The molecule has 5 heteroatoms. The second kappa shape index (κ2) is 9.66. The molecule has 22 heavy (non-hydrogen) atoms. The zero-order valence-electron chi connectivity index (χ0n) is 15.0. The first-order chi connectivity index (χ1) is 10.3. The van der Waals surface area contributed by atoms with Crippen LogP contribution >= 0.6 is 11.8 Å². The SMILES string of the molecule is CCSCCC(C)NCC1CCCCN1C(=O)OC(C)(C)C. The van der Waals surface area contributed by atoms with E-state index in [4.69, 9.17) is 4.74 Å². The Balaban J connectivity index is 2.43. The highest BCUT2D eigenvalue weighted by Crippen LogP contribution is 2.20. The summed E-state index contributed by atoms with van der Waals surface area (Å²) in [6.45, 7) is 11.9. The van der Waals surface area contributed by atoms with Gasteiger partial charge in [-0.3, -0.25) is 0 Å². The predicted molar refractivity (Wildman–Crippen MR) is 95.7 cm³/mol. The Morgan fingerprint density at radius 3 is 2.77 bits per heavy atom. The molecule has 0 saturated carbocycles. The van der Waals surface area contributed by atoms with Crippen LogP contribution < -0.4 is 5.32 Å². The minimum Gasteiger partial charge on any atom is -0.444 e. The highest BCUT2D eigenvalue weighted by atomic mass is 32.2. The summed E-state index contributed by atoms with van der Waals surface area (Å²) in [5.74, 6) is 2.38. The molecule has 2 atom stereocenters. The molecule has 0 aromatic heterocycles. The molecule has 1 aliphatic heterocycles.